The predicted molar refractivity (Wildman–Crippen MR) is 178 cm³/mol. The first-order valence-electron chi connectivity index (χ1n) is 15.5. The molecule has 2 aliphatic carbocycles. The van der Waals surface area contributed by atoms with Crippen LogP contribution in [0.2, 0.25) is 10.0 Å². The second kappa shape index (κ2) is 13.5. The largest absolute Gasteiger partial charge is 0.507 e. The lowest BCUT2D eigenvalue weighted by molar-refractivity contribution is -0.245. The lowest BCUT2D eigenvalue weighted by atomic mass is 9.71. The molecule has 0 saturated carbocycles. The van der Waals surface area contributed by atoms with E-state index >= 15 is 0 Å². The van der Waals surface area contributed by atoms with Crippen LogP contribution in [0.5, 0.6) is 17.2 Å². The molecule has 1 saturated heterocycles. The third-order valence-electron chi connectivity index (χ3n) is 9.30. The molecule has 3 aromatic rings. The number of aromatic hydroxyl groups is 2. The first-order valence-corrected chi connectivity index (χ1v) is 16.2. The maximum absolute atomic E-state index is 13.9. The number of halogens is 2. The molecule has 50 heavy (non-hydrogen) atoms. The zero-order valence-corrected chi connectivity index (χ0v) is 28.2. The average molecular weight is 731 g/mol. The van der Waals surface area contributed by atoms with Gasteiger partial charge in [-0.15, -0.1) is 0 Å². The summed E-state index contributed by atoms with van der Waals surface area (Å²) in [5.41, 5.74) is 4.41. The van der Waals surface area contributed by atoms with E-state index in [4.69, 9.17) is 43.1 Å². The summed E-state index contributed by atoms with van der Waals surface area (Å²) in [4.78, 5) is 40.7. The Morgan fingerprint density at radius 2 is 1.82 bits per heavy atom. The number of phenols is 2. The van der Waals surface area contributed by atoms with E-state index in [-0.39, 0.29) is 55.7 Å². The summed E-state index contributed by atoms with van der Waals surface area (Å²) in [6, 6.07) is 7.66. The number of ether oxygens (including phenoxy) is 3. The van der Waals surface area contributed by atoms with Gasteiger partial charge in [0.15, 0.2) is 12.1 Å². The molecule has 1 fully saturated rings. The maximum atomic E-state index is 13.9. The second-order valence-electron chi connectivity index (χ2n) is 12.4. The van der Waals surface area contributed by atoms with Crippen molar-refractivity contribution in [2.45, 2.75) is 62.4 Å². The average Bonchev–Trinajstić information content (AvgIpc) is 3.08. The Labute approximate surface area is 295 Å². The third-order valence-corrected chi connectivity index (χ3v) is 10.0. The van der Waals surface area contributed by atoms with Crippen molar-refractivity contribution >= 4 is 46.4 Å². The number of hydrogen-bond donors (Lipinski definition) is 7. The molecule has 8 N–H and O–H groups in total. The van der Waals surface area contributed by atoms with E-state index in [0.717, 1.165) is 0 Å². The maximum Gasteiger partial charge on any atom is 0.271 e. The number of carbonyl (C=O) groups excluding carboxylic acids is 3. The number of phenolic OH excluding ortho intramolecular Hbond substituents is 2. The highest BCUT2D eigenvalue weighted by Gasteiger charge is 2.49. The van der Waals surface area contributed by atoms with Gasteiger partial charge in [-0.1, -0.05) is 35.3 Å². The van der Waals surface area contributed by atoms with E-state index < -0.39 is 95.8 Å². The Bertz CT molecular complexity index is 1940. The molecular weight excluding hydrogens is 697 g/mol. The molecule has 14 nitrogen and oxygen atoms in total. The van der Waals surface area contributed by atoms with Gasteiger partial charge in [-0.3, -0.25) is 14.4 Å². The number of benzene rings is 3. The lowest BCUT2D eigenvalue weighted by Crippen LogP contribution is -2.53. The van der Waals surface area contributed by atoms with E-state index in [2.05, 4.69) is 10.5 Å². The van der Waals surface area contributed by atoms with E-state index in [0.29, 0.717) is 0 Å². The van der Waals surface area contributed by atoms with Crippen molar-refractivity contribution in [2.75, 3.05) is 13.7 Å². The van der Waals surface area contributed by atoms with Crippen LogP contribution in [0, 0.1) is 0 Å². The predicted octanol–water partition coefficient (Wildman–Crippen LogP) is 2.52. The number of nitrogens with one attached hydrogen (secondary N) is 1. The van der Waals surface area contributed by atoms with Crippen LogP contribution in [0.15, 0.2) is 41.5 Å². The van der Waals surface area contributed by atoms with E-state index in [1.807, 2.05) is 0 Å². The number of methoxy groups -OCH3 is 1. The zero-order chi connectivity index (χ0) is 36.2. The third kappa shape index (κ3) is 6.01. The highest BCUT2D eigenvalue weighted by molar-refractivity contribution is 6.42. The number of rotatable bonds is 7. The molecule has 264 valence electrons. The molecule has 1 aliphatic heterocycles. The first kappa shape index (κ1) is 35.7. The highest BCUT2D eigenvalue weighted by atomic mass is 35.5. The second-order valence-corrected chi connectivity index (χ2v) is 13.2. The van der Waals surface area contributed by atoms with E-state index in [1.54, 1.807) is 6.92 Å². The van der Waals surface area contributed by atoms with Crippen LogP contribution in [0.3, 0.4) is 0 Å². The normalized spacial score (nSPS) is 26.2. The molecule has 16 heteroatoms. The van der Waals surface area contributed by atoms with Crippen LogP contribution in [-0.4, -0.2) is 92.6 Å². The van der Waals surface area contributed by atoms with Crippen molar-refractivity contribution in [3.8, 4) is 17.2 Å². The molecule has 6 rings (SSSR count). The lowest BCUT2D eigenvalue weighted by Gasteiger charge is -2.43. The van der Waals surface area contributed by atoms with Crippen LogP contribution < -0.4 is 15.9 Å². The Hall–Kier alpha value is -4.12. The minimum absolute atomic E-state index is 0.0178. The van der Waals surface area contributed by atoms with Gasteiger partial charge in [-0.2, -0.15) is 5.10 Å². The Morgan fingerprint density at radius 1 is 1.10 bits per heavy atom. The quantitative estimate of drug-likeness (QED) is 0.0827. The van der Waals surface area contributed by atoms with Crippen LogP contribution in [-0.2, 0) is 15.9 Å². The van der Waals surface area contributed by atoms with Gasteiger partial charge in [-0.05, 0) is 31.2 Å². The smallest absolute Gasteiger partial charge is 0.271 e. The topological polar surface area (TPSA) is 230 Å². The molecule has 0 bridgehead atoms. The summed E-state index contributed by atoms with van der Waals surface area (Å²) >= 11 is 12.0. The number of hydrazone groups is 1. The number of hydrogen-bond acceptors (Lipinski definition) is 13. The number of ketones is 2. The summed E-state index contributed by atoms with van der Waals surface area (Å²) in [6.45, 7) is 0.684. The Kier molecular flexibility index (Phi) is 9.67. The molecule has 1 heterocycles. The van der Waals surface area contributed by atoms with Crippen molar-refractivity contribution < 1.29 is 54.1 Å². The molecular formula is C34H33Cl2N3O11. The van der Waals surface area contributed by atoms with Crippen LogP contribution in [0.1, 0.15) is 79.2 Å². The molecule has 0 spiro atoms. The number of aliphatic hydroxyl groups is 3. The van der Waals surface area contributed by atoms with Gasteiger partial charge >= 0.3 is 0 Å². The summed E-state index contributed by atoms with van der Waals surface area (Å²) in [7, 11) is 1.32. The SMILES string of the molecule is COc1cccc2c1C(=O)c1c(O)c3c(c(O)c1C2=O)CC(O)(/C(CO)=N/NC(=O)c1ccc(Cl)c(Cl)c1)CC3OC1CC(N)C(O)C(C)O1. The number of amides is 1. The number of fused-ring (bicyclic) bond motifs is 3. The Balaban J connectivity index is 1.46. The van der Waals surface area contributed by atoms with Gasteiger partial charge in [0.05, 0.1) is 64.5 Å². The van der Waals surface area contributed by atoms with Gasteiger partial charge in [0.25, 0.3) is 5.91 Å². The van der Waals surface area contributed by atoms with Gasteiger partial charge in [0, 0.05) is 47.6 Å². The van der Waals surface area contributed by atoms with Gasteiger partial charge < -0.3 is 45.5 Å². The summed E-state index contributed by atoms with van der Waals surface area (Å²) in [5, 5.41) is 60.7. The molecule has 6 atom stereocenters. The summed E-state index contributed by atoms with van der Waals surface area (Å²) in [5.74, 6) is -3.66. The van der Waals surface area contributed by atoms with Crippen LogP contribution >= 0.6 is 23.2 Å². The number of aliphatic hydroxyl groups excluding tert-OH is 2. The fourth-order valence-corrected chi connectivity index (χ4v) is 7.02. The molecule has 0 aromatic heterocycles. The molecule has 0 radical (unpaired) electrons. The fourth-order valence-electron chi connectivity index (χ4n) is 6.72. The number of nitrogens with two attached hydrogens (primary N) is 1. The first-order chi connectivity index (χ1) is 23.7. The van der Waals surface area contributed by atoms with Crippen LogP contribution in [0.4, 0.5) is 0 Å². The summed E-state index contributed by atoms with van der Waals surface area (Å²) < 4.78 is 17.4. The standard InChI is InChI=1S/C34H33Cl2N3O11/c1-13-28(41)19(37)9-23(49-13)50-21-11-34(47,22(12-40)38-39-33(46)14-6-7-17(35)18(36)8-14)10-16-25(21)32(45)27-26(30(16)43)29(42)15-4-3-5-20(48-2)24(15)31(27)44/h3-8,13,19,21,23,28,40-41,43,45,47H,9-12,37H2,1-2H3,(H,39,46)/b38-22+. The molecule has 6 unspecified atom stereocenters. The van der Waals surface area contributed by atoms with Crippen molar-refractivity contribution in [3.05, 3.63) is 85.4 Å². The number of nitrogens with zero attached hydrogens (tertiary/aromatic N) is 1. The van der Waals surface area contributed by atoms with E-state index in [9.17, 15) is 39.9 Å². The monoisotopic (exact) mass is 729 g/mol. The zero-order valence-electron chi connectivity index (χ0n) is 26.6. The van der Waals surface area contributed by atoms with Gasteiger partial charge in [0.2, 0.25) is 5.78 Å². The Morgan fingerprint density at radius 3 is 2.48 bits per heavy atom. The van der Waals surface area contributed by atoms with Gasteiger partial charge in [-0.25, -0.2) is 5.43 Å². The fraction of sp³-hybridized carbons (Fsp3) is 0.353. The molecule has 3 aliphatic rings. The van der Waals surface area contributed by atoms with Crippen LogP contribution in [0.25, 0.3) is 0 Å². The highest BCUT2D eigenvalue weighted by Crippen LogP contribution is 2.52. The van der Waals surface area contributed by atoms with Gasteiger partial charge in [0.1, 0.15) is 22.8 Å². The van der Waals surface area contributed by atoms with Crippen molar-refractivity contribution in [3.63, 3.8) is 0 Å². The van der Waals surface area contributed by atoms with Crippen molar-refractivity contribution in [1.82, 2.24) is 5.43 Å². The summed E-state index contributed by atoms with van der Waals surface area (Å²) in [6.07, 6.45) is -5.31. The van der Waals surface area contributed by atoms with E-state index in [1.165, 1.54) is 43.5 Å². The molecule has 1 amide bonds. The molecule has 3 aromatic carbocycles. The number of carbonyl (C=O) groups is 3. The minimum atomic E-state index is -2.18. The minimum Gasteiger partial charge on any atom is -0.507 e. The van der Waals surface area contributed by atoms with Crippen molar-refractivity contribution in [1.29, 1.82) is 0 Å². The van der Waals surface area contributed by atoms with Crippen molar-refractivity contribution in [2.24, 2.45) is 10.8 Å².